The fourth-order valence-electron chi connectivity index (χ4n) is 5.04. The zero-order chi connectivity index (χ0) is 34.8. The van der Waals surface area contributed by atoms with Crippen molar-refractivity contribution < 1.29 is 46.6 Å². The number of hydrogen-bond acceptors (Lipinski definition) is 10. The molecule has 0 aliphatic rings. The summed E-state index contributed by atoms with van der Waals surface area (Å²) in [6.45, 7) is 5.03. The van der Waals surface area contributed by atoms with Crippen molar-refractivity contribution in [3.05, 3.63) is 71.7 Å². The third-order valence-electron chi connectivity index (χ3n) is 7.62. The highest BCUT2D eigenvalue weighted by Gasteiger charge is 2.38. The molecule has 1 atom stereocenters. The van der Waals surface area contributed by atoms with Crippen LogP contribution in [-0.2, 0) is 30.2 Å². The maximum atomic E-state index is 14.8. The number of imidazole rings is 1. The molecule has 4 aromatic rings. The summed E-state index contributed by atoms with van der Waals surface area (Å²) in [6, 6.07) is 8.05. The summed E-state index contributed by atoms with van der Waals surface area (Å²) in [5, 5.41) is 6.06. The molecule has 256 valence electrons. The van der Waals surface area contributed by atoms with E-state index < -0.39 is 23.8 Å². The van der Waals surface area contributed by atoms with Crippen LogP contribution >= 0.6 is 0 Å². The van der Waals surface area contributed by atoms with Gasteiger partial charge < -0.3 is 29.6 Å². The third-order valence-corrected chi connectivity index (χ3v) is 7.62. The number of benzene rings is 2. The topological polar surface area (TPSA) is 142 Å². The van der Waals surface area contributed by atoms with E-state index in [1.54, 1.807) is 43.7 Å². The molecule has 0 saturated heterocycles. The first-order valence-corrected chi connectivity index (χ1v) is 15.2. The molecule has 2 N–H and O–H groups in total. The van der Waals surface area contributed by atoms with Gasteiger partial charge in [-0.3, -0.25) is 18.5 Å². The van der Waals surface area contributed by atoms with Gasteiger partial charge in [-0.1, -0.05) is 6.92 Å². The van der Waals surface area contributed by atoms with E-state index in [2.05, 4.69) is 20.6 Å². The molecule has 0 bridgehead atoms. The number of carbonyl (C=O) groups is 3. The number of amides is 1. The molecule has 1 amide bonds. The van der Waals surface area contributed by atoms with Crippen LogP contribution in [0.4, 0.5) is 20.3 Å². The number of aryl methyl sites for hydroxylation is 1. The van der Waals surface area contributed by atoms with Crippen LogP contribution in [0.5, 0.6) is 5.75 Å². The highest BCUT2D eigenvalue weighted by molar-refractivity contribution is 5.96. The Morgan fingerprint density at radius 1 is 1.08 bits per heavy atom. The summed E-state index contributed by atoms with van der Waals surface area (Å²) in [5.74, 6) is -2.87. The molecule has 15 heteroatoms. The minimum Gasteiger partial charge on any atom is -0.494 e. The second-order valence-electron chi connectivity index (χ2n) is 11.1. The highest BCUT2D eigenvalue weighted by atomic mass is 19.2. The van der Waals surface area contributed by atoms with Gasteiger partial charge in [0.25, 0.3) is 12.4 Å². The molecule has 48 heavy (non-hydrogen) atoms. The Morgan fingerprint density at radius 3 is 2.58 bits per heavy atom. The fraction of sp³-hybridized carbons (Fsp3) is 0.364. The Hall–Kier alpha value is -5.15. The van der Waals surface area contributed by atoms with Crippen LogP contribution in [0.1, 0.15) is 29.8 Å². The number of methoxy groups -OCH3 is 1. The van der Waals surface area contributed by atoms with E-state index in [0.29, 0.717) is 41.4 Å². The third kappa shape index (κ3) is 8.04. The molecule has 0 aliphatic heterocycles. The number of nitrogens with one attached hydrogen (secondary N) is 2. The van der Waals surface area contributed by atoms with Crippen LogP contribution < -0.4 is 15.4 Å². The number of quaternary nitrogens is 1. The number of hydrogen-bond donors (Lipinski definition) is 2. The first kappa shape index (κ1) is 35.7. The van der Waals surface area contributed by atoms with Gasteiger partial charge in [0.05, 0.1) is 52.9 Å². The molecule has 0 spiro atoms. The number of nitrogens with zero attached hydrogens (tertiary/aromatic N) is 4. The lowest BCUT2D eigenvalue weighted by Crippen LogP contribution is -2.56. The molecule has 4 rings (SSSR count). The van der Waals surface area contributed by atoms with Gasteiger partial charge in [0.15, 0.2) is 23.0 Å². The molecule has 0 fully saturated rings. The van der Waals surface area contributed by atoms with Gasteiger partial charge >= 0.3 is 12.2 Å². The zero-order valence-corrected chi connectivity index (χ0v) is 27.4. The van der Waals surface area contributed by atoms with Crippen molar-refractivity contribution in [2.45, 2.75) is 26.5 Å². The fourth-order valence-corrected chi connectivity index (χ4v) is 5.04. The molecule has 0 aliphatic carbocycles. The molecular weight excluding hydrogens is 630 g/mol. The second kappa shape index (κ2) is 16.1. The van der Waals surface area contributed by atoms with Gasteiger partial charge in [-0.25, -0.2) is 19.2 Å². The molecule has 0 saturated carbocycles. The lowest BCUT2D eigenvalue weighted by molar-refractivity contribution is -0.925. The summed E-state index contributed by atoms with van der Waals surface area (Å²) in [7, 11) is 4.70. The maximum absolute atomic E-state index is 14.8. The van der Waals surface area contributed by atoms with Crippen LogP contribution in [0.2, 0.25) is 0 Å². The first-order chi connectivity index (χ1) is 23.1. The minimum atomic E-state index is -1.12. The monoisotopic (exact) mass is 669 g/mol. The largest absolute Gasteiger partial charge is 0.494 e. The molecule has 2 aromatic carbocycles. The number of carbonyl (C=O) groups excluding carboxylic acids is 3. The highest BCUT2D eigenvalue weighted by Crippen LogP contribution is 2.31. The molecule has 2 heterocycles. The number of fused-ring (bicyclic) bond motifs is 1. The Morgan fingerprint density at radius 2 is 1.88 bits per heavy atom. The van der Waals surface area contributed by atoms with Gasteiger partial charge in [0, 0.05) is 35.8 Å². The Bertz CT molecular complexity index is 1760. The summed E-state index contributed by atoms with van der Waals surface area (Å²) in [6.07, 6.45) is 4.00. The van der Waals surface area contributed by atoms with E-state index in [-0.39, 0.29) is 54.5 Å². The van der Waals surface area contributed by atoms with E-state index in [4.69, 9.17) is 18.9 Å². The quantitative estimate of drug-likeness (QED) is 0.0560. The van der Waals surface area contributed by atoms with Crippen molar-refractivity contribution in [1.29, 1.82) is 0 Å². The SMILES string of the molecule is CCOC(=O)C(OC=O)[N+](C)(C)CCOCCNC(=O)c1ccc(Nc2nccn3c(-c4ccc(OC)c(F)c4F)cnc23)cc1CC. The molecule has 1 unspecified atom stereocenters. The van der Waals surface area contributed by atoms with E-state index in [9.17, 15) is 23.2 Å². The Kier molecular flexibility index (Phi) is 12.0. The summed E-state index contributed by atoms with van der Waals surface area (Å²) in [4.78, 5) is 44.9. The van der Waals surface area contributed by atoms with Crippen LogP contribution in [0.15, 0.2) is 48.9 Å². The first-order valence-electron chi connectivity index (χ1n) is 15.2. The van der Waals surface area contributed by atoms with Crippen LogP contribution in [-0.4, -0.2) is 97.5 Å². The van der Waals surface area contributed by atoms with E-state index in [0.717, 1.165) is 5.56 Å². The van der Waals surface area contributed by atoms with E-state index >= 15 is 0 Å². The minimum absolute atomic E-state index is 0.0111. The number of ether oxygens (including phenoxy) is 4. The van der Waals surface area contributed by atoms with Gasteiger partial charge in [-0.2, -0.15) is 4.39 Å². The van der Waals surface area contributed by atoms with E-state index in [1.165, 1.54) is 31.6 Å². The summed E-state index contributed by atoms with van der Waals surface area (Å²) < 4.78 is 51.4. The van der Waals surface area contributed by atoms with Crippen molar-refractivity contribution in [3.63, 3.8) is 0 Å². The zero-order valence-electron chi connectivity index (χ0n) is 27.4. The number of anilines is 2. The number of aromatic nitrogens is 3. The smallest absolute Gasteiger partial charge is 0.408 e. The van der Waals surface area contributed by atoms with Crippen LogP contribution in [0.3, 0.4) is 0 Å². The van der Waals surface area contributed by atoms with Crippen LogP contribution in [0.25, 0.3) is 16.9 Å². The average Bonchev–Trinajstić information content (AvgIpc) is 3.51. The van der Waals surface area contributed by atoms with Gasteiger partial charge in [0.2, 0.25) is 5.82 Å². The lowest BCUT2D eigenvalue weighted by atomic mass is 10.0. The molecule has 2 aromatic heterocycles. The predicted octanol–water partition coefficient (Wildman–Crippen LogP) is 3.87. The predicted molar refractivity (Wildman–Crippen MR) is 172 cm³/mol. The summed E-state index contributed by atoms with van der Waals surface area (Å²) in [5.41, 5.74) is 2.66. The Labute approximate surface area is 276 Å². The number of halogens is 2. The Balaban J connectivity index is 1.36. The van der Waals surface area contributed by atoms with Gasteiger partial charge in [-0.05, 0) is 49.2 Å². The number of likely N-dealkylation sites (N-methyl/N-ethyl adjacent to an activating group) is 1. The molecule has 13 nitrogen and oxygen atoms in total. The average molecular weight is 670 g/mol. The van der Waals surface area contributed by atoms with Crippen molar-refractivity contribution in [2.75, 3.05) is 59.4 Å². The van der Waals surface area contributed by atoms with Crippen molar-refractivity contribution >= 4 is 35.5 Å². The second-order valence-corrected chi connectivity index (χ2v) is 11.1. The van der Waals surface area contributed by atoms with Gasteiger partial charge in [-0.15, -0.1) is 0 Å². The van der Waals surface area contributed by atoms with E-state index in [1.807, 2.05) is 13.0 Å². The van der Waals surface area contributed by atoms with Crippen molar-refractivity contribution in [2.24, 2.45) is 0 Å². The number of esters is 1. The maximum Gasteiger partial charge on any atom is 0.408 e. The normalized spacial score (nSPS) is 12.0. The van der Waals surface area contributed by atoms with Gasteiger partial charge in [0.1, 0.15) is 6.54 Å². The molecular formula is C33H39F2N6O7+. The lowest BCUT2D eigenvalue weighted by Gasteiger charge is -2.34. The van der Waals surface area contributed by atoms with Crippen LogP contribution in [0, 0.1) is 11.6 Å². The molecule has 0 radical (unpaired) electrons. The standard InChI is InChI=1S/C33H38F2N6O7/c1-6-21-18-22(39-29-30-38-19-25(40(30)14-12-36-29)24-10-11-26(45-5)28(35)27(24)34)8-9-23(21)31(43)37-13-16-46-17-15-41(3,4)32(48-20-42)33(44)47-7-2/h8-12,14,18-20,32H,6-7,13,15-17H2,1-5H3,(H-,36,37,39,43)/p+1. The van der Waals surface area contributed by atoms with Crippen molar-refractivity contribution in [1.82, 2.24) is 19.7 Å². The number of rotatable bonds is 17. The van der Waals surface area contributed by atoms with Crippen molar-refractivity contribution in [3.8, 4) is 17.0 Å². The summed E-state index contributed by atoms with van der Waals surface area (Å²) >= 11 is 0.